The van der Waals surface area contributed by atoms with Crippen LogP contribution in [0, 0.1) is 11.8 Å². The van der Waals surface area contributed by atoms with Crippen LogP contribution in [0.25, 0.3) is 0 Å². The van der Waals surface area contributed by atoms with Gasteiger partial charge in [0.1, 0.15) is 5.75 Å². The van der Waals surface area contributed by atoms with Gasteiger partial charge in [-0.2, -0.15) is 0 Å². The molecule has 3 nitrogen and oxygen atoms in total. The lowest BCUT2D eigenvalue weighted by Gasteiger charge is -2.13. The smallest absolute Gasteiger partial charge is 0.306 e. The maximum Gasteiger partial charge on any atom is 0.306 e. The highest BCUT2D eigenvalue weighted by Crippen LogP contribution is 2.42. The molecule has 1 aromatic rings. The van der Waals surface area contributed by atoms with Crippen LogP contribution in [0.5, 0.6) is 5.75 Å². The summed E-state index contributed by atoms with van der Waals surface area (Å²) in [6.07, 6.45) is 2.78. The van der Waals surface area contributed by atoms with Crippen LogP contribution in [0.1, 0.15) is 43.7 Å². The predicted octanol–water partition coefficient (Wildman–Crippen LogP) is 3.47. The van der Waals surface area contributed by atoms with E-state index in [4.69, 9.17) is 9.84 Å². The molecule has 0 amide bonds. The molecule has 1 aliphatic rings. The Balaban J connectivity index is 1.98. The molecule has 3 heteroatoms. The van der Waals surface area contributed by atoms with Gasteiger partial charge in [-0.25, -0.2) is 0 Å². The zero-order valence-corrected chi connectivity index (χ0v) is 11.8. The maximum absolute atomic E-state index is 10.8. The first kappa shape index (κ1) is 13.9. The Kier molecular flexibility index (Phi) is 4.13. The van der Waals surface area contributed by atoms with Gasteiger partial charge in [0.25, 0.3) is 0 Å². The van der Waals surface area contributed by atoms with Gasteiger partial charge >= 0.3 is 5.97 Å². The fourth-order valence-corrected chi connectivity index (χ4v) is 2.61. The van der Waals surface area contributed by atoms with Crippen LogP contribution >= 0.6 is 0 Å². The van der Waals surface area contributed by atoms with E-state index in [0.29, 0.717) is 11.8 Å². The number of carboxylic acids is 1. The quantitative estimate of drug-likeness (QED) is 0.853. The van der Waals surface area contributed by atoms with Crippen molar-refractivity contribution in [3.8, 4) is 5.75 Å². The normalized spacial score (nSPS) is 21.5. The fourth-order valence-electron chi connectivity index (χ4n) is 2.61. The summed E-state index contributed by atoms with van der Waals surface area (Å²) in [6, 6.07) is 6.30. The molecule has 2 rings (SSSR count). The lowest BCUT2D eigenvalue weighted by atomic mass is 9.97. The summed E-state index contributed by atoms with van der Waals surface area (Å²) < 4.78 is 5.37. The fraction of sp³-hybridized carbons (Fsp3) is 0.562. The van der Waals surface area contributed by atoms with Crippen LogP contribution in [-0.2, 0) is 11.2 Å². The molecule has 2 atom stereocenters. The Bertz CT molecular complexity index is 465. The van der Waals surface area contributed by atoms with E-state index in [1.54, 1.807) is 7.11 Å². The van der Waals surface area contributed by atoms with Crippen molar-refractivity contribution in [2.24, 2.45) is 11.8 Å². The van der Waals surface area contributed by atoms with Gasteiger partial charge in [-0.3, -0.25) is 4.79 Å². The third-order valence-corrected chi connectivity index (χ3v) is 3.96. The molecule has 0 aliphatic heterocycles. The Morgan fingerprint density at radius 3 is 2.74 bits per heavy atom. The second-order valence-electron chi connectivity index (χ2n) is 5.71. The largest absolute Gasteiger partial charge is 0.496 e. The van der Waals surface area contributed by atoms with Gasteiger partial charge in [-0.05, 0) is 48.3 Å². The van der Waals surface area contributed by atoms with Crippen molar-refractivity contribution in [2.45, 2.75) is 39.0 Å². The predicted molar refractivity (Wildman–Crippen MR) is 74.6 cm³/mol. The van der Waals surface area contributed by atoms with E-state index in [0.717, 1.165) is 25.0 Å². The van der Waals surface area contributed by atoms with Crippen molar-refractivity contribution >= 4 is 5.97 Å². The van der Waals surface area contributed by atoms with Gasteiger partial charge in [0, 0.05) is 0 Å². The molecule has 19 heavy (non-hydrogen) atoms. The zero-order chi connectivity index (χ0) is 14.0. The van der Waals surface area contributed by atoms with E-state index in [2.05, 4.69) is 26.0 Å². The van der Waals surface area contributed by atoms with Crippen LogP contribution in [0.4, 0.5) is 0 Å². The van der Waals surface area contributed by atoms with Crippen molar-refractivity contribution in [1.82, 2.24) is 0 Å². The Morgan fingerprint density at radius 2 is 2.21 bits per heavy atom. The number of aryl methyl sites for hydroxylation is 1. The monoisotopic (exact) mass is 262 g/mol. The summed E-state index contributed by atoms with van der Waals surface area (Å²) in [5.41, 5.74) is 2.51. The first-order valence-electron chi connectivity index (χ1n) is 6.92. The zero-order valence-electron chi connectivity index (χ0n) is 11.8. The van der Waals surface area contributed by atoms with Crippen LogP contribution in [0.15, 0.2) is 18.2 Å². The number of aliphatic carboxylic acids is 1. The molecule has 0 saturated heterocycles. The number of rotatable bonds is 6. The number of carboxylic acid groups (broad SMARTS) is 1. The molecular formula is C16H22O3. The molecular weight excluding hydrogens is 240 g/mol. The third kappa shape index (κ3) is 3.28. The second kappa shape index (κ2) is 5.64. The molecule has 1 aromatic carbocycles. The van der Waals surface area contributed by atoms with E-state index in [1.807, 2.05) is 6.07 Å². The third-order valence-electron chi connectivity index (χ3n) is 3.96. The SMILES string of the molecule is COc1ccc(CCC2CC2C(=O)O)cc1C(C)C. The Hall–Kier alpha value is -1.51. The van der Waals surface area contributed by atoms with Gasteiger partial charge in [-0.15, -0.1) is 0 Å². The first-order chi connectivity index (χ1) is 9.02. The molecule has 1 aliphatic carbocycles. The van der Waals surface area contributed by atoms with E-state index < -0.39 is 5.97 Å². The highest BCUT2D eigenvalue weighted by atomic mass is 16.5. The van der Waals surface area contributed by atoms with Crippen LogP contribution in [0.3, 0.4) is 0 Å². The standard InChI is InChI=1S/C16H22O3/c1-10(2)13-8-11(5-7-15(13)19-3)4-6-12-9-14(12)16(17)18/h5,7-8,10,12,14H,4,6,9H2,1-3H3,(H,17,18). The van der Waals surface area contributed by atoms with Crippen LogP contribution in [-0.4, -0.2) is 18.2 Å². The van der Waals surface area contributed by atoms with E-state index in [9.17, 15) is 4.79 Å². The first-order valence-corrected chi connectivity index (χ1v) is 6.92. The van der Waals surface area contributed by atoms with Crippen molar-refractivity contribution in [2.75, 3.05) is 7.11 Å². The number of hydrogen-bond donors (Lipinski definition) is 1. The molecule has 0 bridgehead atoms. The number of benzene rings is 1. The number of hydrogen-bond acceptors (Lipinski definition) is 2. The number of ether oxygens (including phenoxy) is 1. The highest BCUT2D eigenvalue weighted by molar-refractivity contribution is 5.73. The molecule has 0 aromatic heterocycles. The Morgan fingerprint density at radius 1 is 1.47 bits per heavy atom. The van der Waals surface area contributed by atoms with E-state index in [-0.39, 0.29) is 5.92 Å². The van der Waals surface area contributed by atoms with E-state index >= 15 is 0 Å². The lowest BCUT2D eigenvalue weighted by molar-refractivity contribution is -0.138. The minimum absolute atomic E-state index is 0.0946. The summed E-state index contributed by atoms with van der Waals surface area (Å²) in [4.78, 5) is 10.8. The minimum atomic E-state index is -0.636. The van der Waals surface area contributed by atoms with Gasteiger partial charge < -0.3 is 9.84 Å². The van der Waals surface area contributed by atoms with Crippen LogP contribution < -0.4 is 4.74 Å². The van der Waals surface area contributed by atoms with Crippen molar-refractivity contribution in [3.05, 3.63) is 29.3 Å². The molecule has 0 heterocycles. The molecule has 1 saturated carbocycles. The van der Waals surface area contributed by atoms with Crippen molar-refractivity contribution in [1.29, 1.82) is 0 Å². The molecule has 0 radical (unpaired) electrons. The second-order valence-corrected chi connectivity index (χ2v) is 5.71. The molecule has 1 N–H and O–H groups in total. The minimum Gasteiger partial charge on any atom is -0.496 e. The van der Waals surface area contributed by atoms with Gasteiger partial charge in [0.2, 0.25) is 0 Å². The van der Waals surface area contributed by atoms with Crippen molar-refractivity contribution in [3.63, 3.8) is 0 Å². The molecule has 2 unspecified atom stereocenters. The van der Waals surface area contributed by atoms with Gasteiger partial charge in [-0.1, -0.05) is 26.0 Å². The molecule has 1 fully saturated rings. The van der Waals surface area contributed by atoms with Gasteiger partial charge in [0.05, 0.1) is 13.0 Å². The summed E-state index contributed by atoms with van der Waals surface area (Å²) in [6.45, 7) is 4.31. The summed E-state index contributed by atoms with van der Waals surface area (Å²) in [5, 5.41) is 8.89. The van der Waals surface area contributed by atoms with E-state index in [1.165, 1.54) is 11.1 Å². The summed E-state index contributed by atoms with van der Waals surface area (Å²) in [7, 11) is 1.70. The average molecular weight is 262 g/mol. The number of methoxy groups -OCH3 is 1. The maximum atomic E-state index is 10.8. The summed E-state index contributed by atoms with van der Waals surface area (Å²) >= 11 is 0. The topological polar surface area (TPSA) is 46.5 Å². The van der Waals surface area contributed by atoms with Crippen LogP contribution in [0.2, 0.25) is 0 Å². The molecule has 104 valence electrons. The lowest BCUT2D eigenvalue weighted by Crippen LogP contribution is -2.01. The van der Waals surface area contributed by atoms with Crippen molar-refractivity contribution < 1.29 is 14.6 Å². The summed E-state index contributed by atoms with van der Waals surface area (Å²) in [5.74, 6) is 1.02. The molecule has 0 spiro atoms. The average Bonchev–Trinajstić information content (AvgIpc) is 3.15. The number of carbonyl (C=O) groups is 1. The Labute approximate surface area is 114 Å². The highest BCUT2D eigenvalue weighted by Gasteiger charge is 2.42. The van der Waals surface area contributed by atoms with Gasteiger partial charge in [0.15, 0.2) is 0 Å².